The van der Waals surface area contributed by atoms with Crippen LogP contribution < -0.4 is 10.6 Å². The van der Waals surface area contributed by atoms with Gasteiger partial charge in [-0.25, -0.2) is 4.39 Å². The number of benzene rings is 1. The van der Waals surface area contributed by atoms with Gasteiger partial charge in [0.1, 0.15) is 17.6 Å². The summed E-state index contributed by atoms with van der Waals surface area (Å²) in [5, 5.41) is 24.4. The molecule has 148 valence electrons. The predicted molar refractivity (Wildman–Crippen MR) is 94.9 cm³/mol. The van der Waals surface area contributed by atoms with Crippen LogP contribution in [0.25, 0.3) is 16.8 Å². The van der Waals surface area contributed by atoms with Crippen molar-refractivity contribution in [3.05, 3.63) is 42.1 Å². The normalized spacial score (nSPS) is 20.4. The Kier molecular flexibility index (Phi) is 4.58. The number of halogens is 4. The van der Waals surface area contributed by atoms with Crippen LogP contribution in [0, 0.1) is 0 Å². The fraction of sp³-hybridized carbons (Fsp3) is 0.333. The van der Waals surface area contributed by atoms with Crippen molar-refractivity contribution in [1.82, 2.24) is 19.9 Å². The first-order valence-corrected chi connectivity index (χ1v) is 8.70. The topological polar surface area (TPSA) is 74.5 Å². The lowest BCUT2D eigenvalue weighted by Gasteiger charge is -2.28. The van der Waals surface area contributed by atoms with Crippen molar-refractivity contribution >= 4 is 11.5 Å². The van der Waals surface area contributed by atoms with Gasteiger partial charge in [0.15, 0.2) is 0 Å². The summed E-state index contributed by atoms with van der Waals surface area (Å²) in [5.74, 6) is -0.236. The first-order chi connectivity index (χ1) is 13.3. The smallest absolute Gasteiger partial charge is 0.416 e. The first-order valence-electron chi connectivity index (χ1n) is 8.70. The van der Waals surface area contributed by atoms with E-state index in [4.69, 9.17) is 0 Å². The van der Waals surface area contributed by atoms with Crippen LogP contribution in [0.1, 0.15) is 12.0 Å². The molecule has 0 bridgehead atoms. The Morgan fingerprint density at radius 3 is 2.75 bits per heavy atom. The van der Waals surface area contributed by atoms with E-state index in [1.807, 2.05) is 0 Å². The molecule has 6 nitrogen and oxygen atoms in total. The Morgan fingerprint density at radius 2 is 2.04 bits per heavy atom. The van der Waals surface area contributed by atoms with E-state index in [0.29, 0.717) is 37.0 Å². The molecule has 0 aliphatic carbocycles. The number of alkyl halides is 4. The van der Waals surface area contributed by atoms with Gasteiger partial charge in [0.25, 0.3) is 0 Å². The summed E-state index contributed by atoms with van der Waals surface area (Å²) < 4.78 is 54.2. The van der Waals surface area contributed by atoms with Gasteiger partial charge in [-0.2, -0.15) is 13.2 Å². The fourth-order valence-electron chi connectivity index (χ4n) is 3.29. The van der Waals surface area contributed by atoms with Gasteiger partial charge in [-0.15, -0.1) is 10.2 Å². The number of hydrogen-bond acceptors (Lipinski definition) is 5. The number of piperidine rings is 1. The van der Waals surface area contributed by atoms with Crippen molar-refractivity contribution in [2.24, 2.45) is 0 Å². The van der Waals surface area contributed by atoms with E-state index in [9.17, 15) is 22.7 Å². The highest BCUT2D eigenvalue weighted by molar-refractivity contribution is 5.81. The van der Waals surface area contributed by atoms with Crippen molar-refractivity contribution < 1.29 is 22.7 Å². The zero-order valence-corrected chi connectivity index (χ0v) is 14.5. The van der Waals surface area contributed by atoms with Crippen LogP contribution in [0.4, 0.5) is 23.5 Å². The number of hydrogen-bond donors (Lipinski definition) is 3. The van der Waals surface area contributed by atoms with E-state index in [-0.39, 0.29) is 11.3 Å². The summed E-state index contributed by atoms with van der Waals surface area (Å²) in [5.41, 5.74) is -0.0873. The number of phenols is 1. The number of phenolic OH excluding ortho intramolecular Hbond substituents is 1. The van der Waals surface area contributed by atoms with Crippen molar-refractivity contribution in [1.29, 1.82) is 0 Å². The molecule has 10 heteroatoms. The van der Waals surface area contributed by atoms with Gasteiger partial charge in [-0.3, -0.25) is 4.40 Å². The Labute approximate surface area is 157 Å². The quantitative estimate of drug-likeness (QED) is 0.594. The van der Waals surface area contributed by atoms with E-state index >= 15 is 0 Å². The molecule has 1 aliphatic rings. The van der Waals surface area contributed by atoms with E-state index < -0.39 is 29.7 Å². The summed E-state index contributed by atoms with van der Waals surface area (Å²) in [6, 6.07) is 5.62. The average Bonchev–Trinajstić information content (AvgIpc) is 3.13. The standard InChI is InChI=1S/C18H17F4N5O/c19-12-5-6-23-9-13(12)24-17-26-25-16(14-2-1-7-27(14)17)11-4-3-10(8-15(11)28)18(20,21)22/h1-4,7-8,12-13,23,28H,5-6,9H2,(H,24,26)/t12-,13+/m1/s1. The number of rotatable bonds is 3. The minimum Gasteiger partial charge on any atom is -0.507 e. The molecule has 1 saturated heterocycles. The van der Waals surface area contributed by atoms with Gasteiger partial charge >= 0.3 is 6.18 Å². The highest BCUT2D eigenvalue weighted by Gasteiger charge is 2.31. The molecule has 0 amide bonds. The minimum absolute atomic E-state index is 0.124. The molecular formula is C18H17F4N5O. The third-order valence-electron chi connectivity index (χ3n) is 4.76. The van der Waals surface area contributed by atoms with Crippen molar-refractivity contribution in [2.75, 3.05) is 18.4 Å². The maximum absolute atomic E-state index is 14.1. The Morgan fingerprint density at radius 1 is 1.21 bits per heavy atom. The van der Waals surface area contributed by atoms with Crippen LogP contribution in [-0.4, -0.2) is 45.0 Å². The Hall–Kier alpha value is -2.88. The van der Waals surface area contributed by atoms with Crippen LogP contribution in [0.3, 0.4) is 0 Å². The minimum atomic E-state index is -4.56. The molecule has 2 atom stereocenters. The highest BCUT2D eigenvalue weighted by atomic mass is 19.4. The highest BCUT2D eigenvalue weighted by Crippen LogP contribution is 2.37. The number of nitrogens with one attached hydrogen (secondary N) is 2. The number of nitrogens with zero attached hydrogens (tertiary/aromatic N) is 3. The molecule has 2 aromatic heterocycles. The second-order valence-corrected chi connectivity index (χ2v) is 6.62. The second kappa shape index (κ2) is 6.93. The lowest BCUT2D eigenvalue weighted by Crippen LogP contribution is -2.46. The predicted octanol–water partition coefficient (Wildman–Crippen LogP) is 3.23. The summed E-state index contributed by atoms with van der Waals surface area (Å²) in [4.78, 5) is 0. The molecule has 4 rings (SSSR count). The number of aromatic nitrogens is 3. The van der Waals surface area contributed by atoms with Gasteiger partial charge in [0.2, 0.25) is 5.95 Å². The van der Waals surface area contributed by atoms with Crippen LogP contribution in [0.15, 0.2) is 36.5 Å². The number of aromatic hydroxyl groups is 1. The Bertz CT molecular complexity index is 1000. The molecule has 0 unspecified atom stereocenters. The van der Waals surface area contributed by atoms with Crippen molar-refractivity contribution in [2.45, 2.75) is 24.8 Å². The van der Waals surface area contributed by atoms with Crippen molar-refractivity contribution in [3.8, 4) is 17.0 Å². The molecule has 28 heavy (non-hydrogen) atoms. The van der Waals surface area contributed by atoms with Crippen molar-refractivity contribution in [3.63, 3.8) is 0 Å². The maximum Gasteiger partial charge on any atom is 0.416 e. The molecular weight excluding hydrogens is 378 g/mol. The van der Waals surface area contributed by atoms with Crippen LogP contribution in [0.5, 0.6) is 5.75 Å². The number of anilines is 1. The van der Waals surface area contributed by atoms with Crippen LogP contribution in [0.2, 0.25) is 0 Å². The molecule has 0 saturated carbocycles. The zero-order valence-electron chi connectivity index (χ0n) is 14.5. The molecule has 1 aromatic carbocycles. The third-order valence-corrected chi connectivity index (χ3v) is 4.76. The van der Waals surface area contributed by atoms with E-state index in [0.717, 1.165) is 12.1 Å². The fourth-order valence-corrected chi connectivity index (χ4v) is 3.29. The lowest BCUT2D eigenvalue weighted by molar-refractivity contribution is -0.137. The lowest BCUT2D eigenvalue weighted by atomic mass is 10.1. The summed E-state index contributed by atoms with van der Waals surface area (Å²) in [7, 11) is 0. The van der Waals surface area contributed by atoms with E-state index in [1.54, 1.807) is 22.7 Å². The SMILES string of the molecule is Oc1cc(C(F)(F)F)ccc1-c1nnc(N[C@H]2CNCC[C@H]2F)n2cccc12. The summed E-state index contributed by atoms with van der Waals surface area (Å²) >= 11 is 0. The second-order valence-electron chi connectivity index (χ2n) is 6.62. The van der Waals surface area contributed by atoms with Gasteiger partial charge < -0.3 is 15.7 Å². The van der Waals surface area contributed by atoms with Crippen LogP contribution in [-0.2, 0) is 6.18 Å². The molecule has 0 spiro atoms. The molecule has 3 aromatic rings. The van der Waals surface area contributed by atoms with E-state index in [1.165, 1.54) is 0 Å². The van der Waals surface area contributed by atoms with Gasteiger partial charge in [0.05, 0.1) is 17.1 Å². The van der Waals surface area contributed by atoms with E-state index in [2.05, 4.69) is 20.8 Å². The molecule has 3 heterocycles. The van der Waals surface area contributed by atoms with Gasteiger partial charge in [-0.1, -0.05) is 0 Å². The zero-order chi connectivity index (χ0) is 19.9. The summed E-state index contributed by atoms with van der Waals surface area (Å²) in [6.07, 6.45) is -3.53. The number of fused-ring (bicyclic) bond motifs is 1. The van der Waals surface area contributed by atoms with Gasteiger partial charge in [-0.05, 0) is 43.3 Å². The van der Waals surface area contributed by atoms with Crippen LogP contribution >= 0.6 is 0 Å². The largest absolute Gasteiger partial charge is 0.507 e. The monoisotopic (exact) mass is 395 g/mol. The van der Waals surface area contributed by atoms with Gasteiger partial charge in [0, 0.05) is 18.3 Å². The molecule has 0 radical (unpaired) electrons. The first kappa shape index (κ1) is 18.5. The maximum atomic E-state index is 14.1. The summed E-state index contributed by atoms with van der Waals surface area (Å²) in [6.45, 7) is 1.04. The third kappa shape index (κ3) is 3.35. The molecule has 3 N–H and O–H groups in total. The Balaban J connectivity index is 1.71. The average molecular weight is 395 g/mol. The molecule has 1 aliphatic heterocycles. The molecule has 1 fully saturated rings.